The van der Waals surface area contributed by atoms with Gasteiger partial charge >= 0.3 is 6.18 Å². The summed E-state index contributed by atoms with van der Waals surface area (Å²) < 4.78 is 39.7. The first-order valence-electron chi connectivity index (χ1n) is 10.6. The molecule has 0 saturated heterocycles. The smallest absolute Gasteiger partial charge is 0.350 e. The van der Waals surface area contributed by atoms with Crippen LogP contribution in [0.5, 0.6) is 0 Å². The fraction of sp³-hybridized carbons (Fsp3) is 0.231. The Balaban J connectivity index is 1.67. The molecular weight excluding hydrogens is 429 g/mol. The van der Waals surface area contributed by atoms with E-state index in [0.717, 1.165) is 23.3 Å². The highest BCUT2D eigenvalue weighted by atomic mass is 19.4. The number of amides is 2. The van der Waals surface area contributed by atoms with Gasteiger partial charge in [-0.1, -0.05) is 60.7 Å². The highest BCUT2D eigenvalue weighted by Gasteiger charge is 2.46. The van der Waals surface area contributed by atoms with E-state index in [0.29, 0.717) is 11.1 Å². The van der Waals surface area contributed by atoms with Gasteiger partial charge in [-0.15, -0.1) is 0 Å². The largest absolute Gasteiger partial charge is 0.416 e. The fourth-order valence-corrected chi connectivity index (χ4v) is 4.17. The van der Waals surface area contributed by atoms with Crippen LogP contribution in [0.3, 0.4) is 0 Å². The van der Waals surface area contributed by atoms with Crippen LogP contribution in [0, 0.1) is 0 Å². The van der Waals surface area contributed by atoms with Gasteiger partial charge in [0.25, 0.3) is 5.91 Å². The molecule has 170 valence electrons. The summed E-state index contributed by atoms with van der Waals surface area (Å²) in [6.45, 7) is 1.82. The number of nitrogens with one attached hydrogen (secondary N) is 1. The van der Waals surface area contributed by atoms with Crippen molar-refractivity contribution < 1.29 is 22.8 Å². The average molecular weight is 452 g/mol. The summed E-state index contributed by atoms with van der Waals surface area (Å²) in [7, 11) is 0. The first-order valence-corrected chi connectivity index (χ1v) is 10.6. The lowest BCUT2D eigenvalue weighted by Crippen LogP contribution is -2.62. The Hall–Kier alpha value is -3.61. The van der Waals surface area contributed by atoms with Crippen molar-refractivity contribution in [3.8, 4) is 0 Å². The van der Waals surface area contributed by atoms with Crippen molar-refractivity contribution in [1.29, 1.82) is 0 Å². The highest BCUT2D eigenvalue weighted by molar-refractivity contribution is 6.02. The number of fused-ring (bicyclic) bond motifs is 1. The SMILES string of the molecule is C[C@@]1(C(=O)NCc2ccccc2)Cc2ccccc2C(=O)N1Cc1cccc(C(F)(F)F)c1. The number of carbonyl (C=O) groups is 2. The third-order valence-electron chi connectivity index (χ3n) is 6.00. The van der Waals surface area contributed by atoms with E-state index in [4.69, 9.17) is 0 Å². The summed E-state index contributed by atoms with van der Waals surface area (Å²) in [5.41, 5.74) is 0.341. The summed E-state index contributed by atoms with van der Waals surface area (Å²) in [5.74, 6) is -0.743. The molecule has 0 radical (unpaired) electrons. The lowest BCUT2D eigenvalue weighted by molar-refractivity contribution is -0.137. The standard InChI is InChI=1S/C26H23F3N2O2/c1-25(24(33)30-16-18-8-3-2-4-9-18)15-20-11-5-6-13-22(20)23(32)31(25)17-19-10-7-12-21(14-19)26(27,28)29/h2-14H,15-17H2,1H3,(H,30,33)/t25-/m0/s1. The van der Waals surface area contributed by atoms with Gasteiger partial charge in [0.15, 0.2) is 0 Å². The third kappa shape index (κ3) is 4.62. The molecule has 3 aromatic rings. The fourth-order valence-electron chi connectivity index (χ4n) is 4.17. The van der Waals surface area contributed by atoms with Crippen molar-refractivity contribution in [2.45, 2.75) is 38.1 Å². The number of benzene rings is 3. The molecule has 0 aromatic heterocycles. The van der Waals surface area contributed by atoms with Crippen molar-refractivity contribution in [3.05, 3.63) is 107 Å². The molecular formula is C26H23F3N2O2. The van der Waals surface area contributed by atoms with Crippen LogP contribution in [0.25, 0.3) is 0 Å². The van der Waals surface area contributed by atoms with Crippen LogP contribution in [-0.4, -0.2) is 22.3 Å². The normalized spacial score (nSPS) is 18.1. The number of hydrogen-bond acceptors (Lipinski definition) is 2. The number of hydrogen-bond donors (Lipinski definition) is 1. The van der Waals surface area contributed by atoms with Crippen LogP contribution in [-0.2, 0) is 30.5 Å². The first-order chi connectivity index (χ1) is 15.7. The minimum atomic E-state index is -4.50. The highest BCUT2D eigenvalue weighted by Crippen LogP contribution is 2.34. The number of alkyl halides is 3. The molecule has 4 rings (SSSR count). The molecule has 0 saturated carbocycles. The molecule has 33 heavy (non-hydrogen) atoms. The van der Waals surface area contributed by atoms with Crippen LogP contribution in [0.4, 0.5) is 13.2 Å². The van der Waals surface area contributed by atoms with Gasteiger partial charge in [0.1, 0.15) is 5.54 Å². The quantitative estimate of drug-likeness (QED) is 0.594. The molecule has 3 aromatic carbocycles. The van der Waals surface area contributed by atoms with E-state index in [-0.39, 0.29) is 31.3 Å². The predicted molar refractivity (Wildman–Crippen MR) is 118 cm³/mol. The zero-order valence-electron chi connectivity index (χ0n) is 18.0. The van der Waals surface area contributed by atoms with E-state index in [9.17, 15) is 22.8 Å². The second kappa shape index (κ2) is 8.73. The predicted octanol–water partition coefficient (Wildman–Crippen LogP) is 4.98. The maximum atomic E-state index is 13.4. The summed E-state index contributed by atoms with van der Waals surface area (Å²) in [6.07, 6.45) is -4.24. The number of nitrogens with zero attached hydrogens (tertiary/aromatic N) is 1. The molecule has 1 N–H and O–H groups in total. The maximum Gasteiger partial charge on any atom is 0.416 e. The van der Waals surface area contributed by atoms with Crippen LogP contribution in [0.2, 0.25) is 0 Å². The lowest BCUT2D eigenvalue weighted by Gasteiger charge is -2.44. The topological polar surface area (TPSA) is 49.4 Å². The summed E-state index contributed by atoms with van der Waals surface area (Å²) >= 11 is 0. The molecule has 1 aliphatic heterocycles. The van der Waals surface area contributed by atoms with Gasteiger partial charge in [-0.3, -0.25) is 9.59 Å². The van der Waals surface area contributed by atoms with Gasteiger partial charge in [0, 0.05) is 25.1 Å². The Labute approximate surface area is 190 Å². The van der Waals surface area contributed by atoms with Gasteiger partial charge < -0.3 is 10.2 Å². The number of carbonyl (C=O) groups excluding carboxylic acids is 2. The molecule has 1 atom stereocenters. The van der Waals surface area contributed by atoms with Crippen molar-refractivity contribution in [3.63, 3.8) is 0 Å². The Morgan fingerprint density at radius 3 is 2.36 bits per heavy atom. The Morgan fingerprint density at radius 2 is 1.64 bits per heavy atom. The zero-order chi connectivity index (χ0) is 23.6. The van der Waals surface area contributed by atoms with Crippen LogP contribution >= 0.6 is 0 Å². The molecule has 7 heteroatoms. The maximum absolute atomic E-state index is 13.4. The number of rotatable bonds is 5. The van der Waals surface area contributed by atoms with Gasteiger partial charge in [-0.2, -0.15) is 13.2 Å². The molecule has 2 amide bonds. The average Bonchev–Trinajstić information content (AvgIpc) is 2.80. The van der Waals surface area contributed by atoms with Crippen molar-refractivity contribution in [1.82, 2.24) is 10.2 Å². The monoisotopic (exact) mass is 452 g/mol. The summed E-state index contributed by atoms with van der Waals surface area (Å²) in [5, 5.41) is 2.90. The van der Waals surface area contributed by atoms with E-state index in [1.807, 2.05) is 30.3 Å². The van der Waals surface area contributed by atoms with Crippen molar-refractivity contribution >= 4 is 11.8 Å². The van der Waals surface area contributed by atoms with E-state index in [1.54, 1.807) is 31.2 Å². The van der Waals surface area contributed by atoms with Gasteiger partial charge in [-0.25, -0.2) is 0 Å². The van der Waals surface area contributed by atoms with E-state index >= 15 is 0 Å². The summed E-state index contributed by atoms with van der Waals surface area (Å²) in [4.78, 5) is 28.2. The summed E-state index contributed by atoms with van der Waals surface area (Å²) in [6, 6.07) is 21.2. The molecule has 0 bridgehead atoms. The number of halogens is 3. The zero-order valence-corrected chi connectivity index (χ0v) is 18.0. The second-order valence-electron chi connectivity index (χ2n) is 8.37. The van der Waals surface area contributed by atoms with Gasteiger partial charge in [0.05, 0.1) is 5.56 Å². The minimum absolute atomic E-state index is 0.119. The molecule has 0 unspecified atom stereocenters. The first kappa shape index (κ1) is 22.6. The molecule has 0 aliphatic carbocycles. The molecule has 4 nitrogen and oxygen atoms in total. The Kier molecular flexibility index (Phi) is 5.97. The Morgan fingerprint density at radius 1 is 0.970 bits per heavy atom. The van der Waals surface area contributed by atoms with E-state index in [1.165, 1.54) is 17.0 Å². The van der Waals surface area contributed by atoms with E-state index in [2.05, 4.69) is 5.32 Å². The molecule has 1 aliphatic rings. The Bertz CT molecular complexity index is 1180. The van der Waals surface area contributed by atoms with Gasteiger partial charge in [-0.05, 0) is 41.8 Å². The van der Waals surface area contributed by atoms with Crippen LogP contribution < -0.4 is 5.32 Å². The van der Waals surface area contributed by atoms with Crippen LogP contribution in [0.15, 0.2) is 78.9 Å². The van der Waals surface area contributed by atoms with Gasteiger partial charge in [0.2, 0.25) is 5.91 Å². The second-order valence-corrected chi connectivity index (χ2v) is 8.37. The molecule has 0 fully saturated rings. The van der Waals surface area contributed by atoms with Crippen molar-refractivity contribution in [2.24, 2.45) is 0 Å². The van der Waals surface area contributed by atoms with E-state index < -0.39 is 17.3 Å². The minimum Gasteiger partial charge on any atom is -0.350 e. The molecule has 0 spiro atoms. The third-order valence-corrected chi connectivity index (χ3v) is 6.00. The molecule has 1 heterocycles. The lowest BCUT2D eigenvalue weighted by atomic mass is 9.82. The van der Waals surface area contributed by atoms with Crippen LogP contribution in [0.1, 0.15) is 39.5 Å². The van der Waals surface area contributed by atoms with Crippen molar-refractivity contribution in [2.75, 3.05) is 0 Å².